The molecular weight excluding hydrogens is 338 g/mol. The van der Waals surface area contributed by atoms with E-state index >= 15 is 0 Å². The smallest absolute Gasteiger partial charge is 0.243 e. The zero-order valence-corrected chi connectivity index (χ0v) is 16.0. The van der Waals surface area contributed by atoms with Crippen molar-refractivity contribution in [3.8, 4) is 0 Å². The Balaban J connectivity index is 2.33. The van der Waals surface area contributed by atoms with Crippen LogP contribution in [0.3, 0.4) is 0 Å². The van der Waals surface area contributed by atoms with Gasteiger partial charge in [-0.3, -0.25) is 9.59 Å². The molecule has 0 saturated carbocycles. The van der Waals surface area contributed by atoms with Crippen molar-refractivity contribution in [2.45, 2.75) is 51.3 Å². The van der Waals surface area contributed by atoms with E-state index in [-0.39, 0.29) is 28.8 Å². The molecule has 0 radical (unpaired) electrons. The number of hydrogen-bond donors (Lipinski definition) is 0. The van der Waals surface area contributed by atoms with Crippen molar-refractivity contribution in [2.75, 3.05) is 13.1 Å². The van der Waals surface area contributed by atoms with Gasteiger partial charge in [0.15, 0.2) is 0 Å². The van der Waals surface area contributed by atoms with E-state index in [2.05, 4.69) is 0 Å². The fraction of sp³-hybridized carbons (Fsp3) is 0.579. The van der Waals surface area contributed by atoms with Gasteiger partial charge in [-0.25, -0.2) is 8.42 Å². The van der Waals surface area contributed by atoms with Gasteiger partial charge in [-0.15, -0.1) is 0 Å². The third kappa shape index (κ3) is 4.76. The Hall–Kier alpha value is -1.53. The molecule has 1 heterocycles. The molecule has 1 aliphatic heterocycles. The van der Waals surface area contributed by atoms with E-state index in [1.54, 1.807) is 24.3 Å². The molecular formula is C19H27NO4S. The Morgan fingerprint density at radius 1 is 1.12 bits per heavy atom. The molecule has 1 fully saturated rings. The lowest BCUT2D eigenvalue weighted by Crippen LogP contribution is -2.30. The van der Waals surface area contributed by atoms with E-state index < -0.39 is 15.9 Å². The number of nitrogens with zero attached hydrogens (tertiary/aromatic N) is 1. The van der Waals surface area contributed by atoms with Crippen molar-refractivity contribution in [1.29, 1.82) is 0 Å². The highest BCUT2D eigenvalue weighted by Gasteiger charge is 2.31. The predicted molar refractivity (Wildman–Crippen MR) is 96.8 cm³/mol. The molecule has 1 atom stereocenters. The minimum Gasteiger partial charge on any atom is -0.299 e. The summed E-state index contributed by atoms with van der Waals surface area (Å²) in [5.41, 5.74) is 0.548. The van der Waals surface area contributed by atoms with Crippen molar-refractivity contribution in [3.05, 3.63) is 29.8 Å². The molecule has 6 heteroatoms. The standard InChI is InChI=1S/C19H27NO4S/c1-14(2)12-18(22)17(15(3)21)13-16-8-4-5-9-19(16)25(23,24)20-10-6-7-11-20/h4-5,8-9,14,17H,6-7,10-13H2,1-3H3. The van der Waals surface area contributed by atoms with Crippen LogP contribution in [0.15, 0.2) is 29.2 Å². The predicted octanol–water partition coefficient (Wildman–Crippen LogP) is 2.83. The summed E-state index contributed by atoms with van der Waals surface area (Å²) in [4.78, 5) is 24.7. The second-order valence-electron chi connectivity index (χ2n) is 7.15. The summed E-state index contributed by atoms with van der Waals surface area (Å²) in [6, 6.07) is 6.72. The molecule has 0 aliphatic carbocycles. The van der Waals surface area contributed by atoms with Gasteiger partial charge in [0.2, 0.25) is 10.0 Å². The molecule has 2 rings (SSSR count). The van der Waals surface area contributed by atoms with Gasteiger partial charge in [-0.05, 0) is 43.7 Å². The molecule has 1 aromatic carbocycles. The summed E-state index contributed by atoms with van der Waals surface area (Å²) < 4.78 is 27.3. The van der Waals surface area contributed by atoms with E-state index in [1.807, 2.05) is 13.8 Å². The lowest BCUT2D eigenvalue weighted by molar-refractivity contribution is -0.132. The van der Waals surface area contributed by atoms with Crippen LogP contribution in [0.1, 0.15) is 45.6 Å². The summed E-state index contributed by atoms with van der Waals surface area (Å²) in [5, 5.41) is 0. The van der Waals surface area contributed by atoms with Gasteiger partial charge in [0.25, 0.3) is 0 Å². The van der Waals surface area contributed by atoms with Crippen LogP contribution in [-0.2, 0) is 26.0 Å². The van der Waals surface area contributed by atoms with Gasteiger partial charge in [-0.1, -0.05) is 32.0 Å². The van der Waals surface area contributed by atoms with Crippen molar-refractivity contribution >= 4 is 21.6 Å². The summed E-state index contributed by atoms with van der Waals surface area (Å²) in [6.45, 7) is 6.32. The Bertz CT molecular complexity index is 734. The number of benzene rings is 1. The van der Waals surface area contributed by atoms with Crippen LogP contribution in [0.4, 0.5) is 0 Å². The molecule has 0 spiro atoms. The maximum Gasteiger partial charge on any atom is 0.243 e. The van der Waals surface area contributed by atoms with E-state index in [9.17, 15) is 18.0 Å². The molecule has 1 aromatic rings. The third-order valence-electron chi connectivity index (χ3n) is 4.57. The molecule has 1 aliphatic rings. The lowest BCUT2D eigenvalue weighted by Gasteiger charge is -2.20. The Kier molecular flexibility index (Phi) is 6.52. The molecule has 0 N–H and O–H groups in total. The molecule has 25 heavy (non-hydrogen) atoms. The Morgan fingerprint density at radius 2 is 1.72 bits per heavy atom. The molecule has 0 amide bonds. The van der Waals surface area contributed by atoms with Crippen molar-refractivity contribution in [1.82, 2.24) is 4.31 Å². The number of hydrogen-bond acceptors (Lipinski definition) is 4. The second kappa shape index (κ2) is 8.23. The molecule has 0 bridgehead atoms. The SMILES string of the molecule is CC(=O)C(Cc1ccccc1S(=O)(=O)N1CCCC1)C(=O)CC(C)C. The summed E-state index contributed by atoms with van der Waals surface area (Å²) in [7, 11) is -3.58. The molecule has 1 unspecified atom stereocenters. The first-order valence-corrected chi connectivity index (χ1v) is 10.3. The lowest BCUT2D eigenvalue weighted by atomic mass is 9.88. The number of sulfonamides is 1. The fourth-order valence-electron chi connectivity index (χ4n) is 3.24. The van der Waals surface area contributed by atoms with Crippen molar-refractivity contribution < 1.29 is 18.0 Å². The normalized spacial score (nSPS) is 17.0. The Labute approximate surface area is 150 Å². The van der Waals surface area contributed by atoms with E-state index in [0.29, 0.717) is 25.1 Å². The van der Waals surface area contributed by atoms with E-state index in [1.165, 1.54) is 11.2 Å². The van der Waals surface area contributed by atoms with Crippen LogP contribution in [0, 0.1) is 11.8 Å². The molecule has 1 saturated heterocycles. The van der Waals surface area contributed by atoms with Crippen LogP contribution in [0.5, 0.6) is 0 Å². The number of Topliss-reactive ketones (excluding diaryl/α,β-unsaturated/α-hetero) is 2. The monoisotopic (exact) mass is 365 g/mol. The summed E-state index contributed by atoms with van der Waals surface area (Å²) >= 11 is 0. The highest BCUT2D eigenvalue weighted by Crippen LogP contribution is 2.26. The van der Waals surface area contributed by atoms with Crippen LogP contribution in [0.2, 0.25) is 0 Å². The molecule has 0 aromatic heterocycles. The Morgan fingerprint density at radius 3 is 2.28 bits per heavy atom. The van der Waals surface area contributed by atoms with Gasteiger partial charge in [0.05, 0.1) is 10.8 Å². The van der Waals surface area contributed by atoms with Gasteiger partial charge in [0.1, 0.15) is 11.6 Å². The van der Waals surface area contributed by atoms with E-state index in [0.717, 1.165) is 12.8 Å². The zero-order valence-electron chi connectivity index (χ0n) is 15.2. The first-order chi connectivity index (χ1) is 11.7. The van der Waals surface area contributed by atoms with Gasteiger partial charge in [0, 0.05) is 19.5 Å². The molecule has 5 nitrogen and oxygen atoms in total. The first kappa shape index (κ1) is 19.8. The quantitative estimate of drug-likeness (QED) is 0.664. The van der Waals surface area contributed by atoms with Crippen molar-refractivity contribution in [3.63, 3.8) is 0 Å². The number of carbonyl (C=O) groups excluding carboxylic acids is 2. The zero-order chi connectivity index (χ0) is 18.6. The molecule has 138 valence electrons. The highest BCUT2D eigenvalue weighted by molar-refractivity contribution is 7.89. The number of carbonyl (C=O) groups is 2. The second-order valence-corrected chi connectivity index (χ2v) is 9.06. The van der Waals surface area contributed by atoms with Gasteiger partial charge in [-0.2, -0.15) is 4.31 Å². The minimum absolute atomic E-state index is 0.115. The first-order valence-electron chi connectivity index (χ1n) is 8.84. The number of rotatable bonds is 8. The summed E-state index contributed by atoms with van der Waals surface area (Å²) in [6.07, 6.45) is 2.20. The number of ketones is 2. The van der Waals surface area contributed by atoms with Gasteiger partial charge >= 0.3 is 0 Å². The fourth-order valence-corrected chi connectivity index (χ4v) is 4.99. The average molecular weight is 365 g/mol. The maximum atomic E-state index is 12.9. The van der Waals surface area contributed by atoms with E-state index in [4.69, 9.17) is 0 Å². The topological polar surface area (TPSA) is 71.5 Å². The largest absolute Gasteiger partial charge is 0.299 e. The van der Waals surface area contributed by atoms with Crippen LogP contribution < -0.4 is 0 Å². The van der Waals surface area contributed by atoms with Crippen LogP contribution in [-0.4, -0.2) is 37.4 Å². The van der Waals surface area contributed by atoms with Gasteiger partial charge < -0.3 is 0 Å². The van der Waals surface area contributed by atoms with Crippen LogP contribution >= 0.6 is 0 Å². The van der Waals surface area contributed by atoms with Crippen LogP contribution in [0.25, 0.3) is 0 Å². The minimum atomic E-state index is -3.58. The third-order valence-corrected chi connectivity index (χ3v) is 6.57. The average Bonchev–Trinajstić information content (AvgIpc) is 3.07. The highest BCUT2D eigenvalue weighted by atomic mass is 32.2. The maximum absolute atomic E-state index is 12.9. The van der Waals surface area contributed by atoms with Crippen molar-refractivity contribution in [2.24, 2.45) is 11.8 Å². The summed E-state index contributed by atoms with van der Waals surface area (Å²) in [5.74, 6) is -0.940.